The van der Waals surface area contributed by atoms with E-state index in [0.717, 1.165) is 30.7 Å². The quantitative estimate of drug-likeness (QED) is 0.685. The number of rotatable bonds is 5. The van der Waals surface area contributed by atoms with E-state index in [0.29, 0.717) is 18.3 Å². The average Bonchev–Trinajstić information content (AvgIpc) is 3.39. The fourth-order valence-electron chi connectivity index (χ4n) is 3.10. The van der Waals surface area contributed by atoms with Gasteiger partial charge in [0.2, 0.25) is 0 Å². The molecule has 0 spiro atoms. The van der Waals surface area contributed by atoms with Gasteiger partial charge in [-0.2, -0.15) is 16.3 Å². The number of piperidine rings is 1. The number of benzene rings is 1. The maximum atomic E-state index is 12.6. The van der Waals surface area contributed by atoms with E-state index in [1.54, 1.807) is 0 Å². The Morgan fingerprint density at radius 3 is 3.00 bits per heavy atom. The molecule has 26 heavy (non-hydrogen) atoms. The van der Waals surface area contributed by atoms with Crippen molar-refractivity contribution in [2.75, 3.05) is 13.1 Å². The van der Waals surface area contributed by atoms with Gasteiger partial charge in [-0.15, -0.1) is 0 Å². The Labute approximate surface area is 155 Å². The molecule has 4 rings (SSSR count). The second kappa shape index (κ2) is 7.70. The summed E-state index contributed by atoms with van der Waals surface area (Å²) in [6.45, 7) is 1.63. The van der Waals surface area contributed by atoms with Gasteiger partial charge in [0, 0.05) is 24.4 Å². The van der Waals surface area contributed by atoms with Gasteiger partial charge in [0.1, 0.15) is 5.75 Å². The SMILES string of the molecule is O=C(c1ccsc1)N1CCCC(c2noc(COc3ccccc3)n2)C1. The van der Waals surface area contributed by atoms with Crippen LogP contribution >= 0.6 is 11.3 Å². The fraction of sp³-hybridized carbons (Fsp3) is 0.316. The van der Waals surface area contributed by atoms with E-state index in [1.165, 1.54) is 11.3 Å². The lowest BCUT2D eigenvalue weighted by Crippen LogP contribution is -2.39. The van der Waals surface area contributed by atoms with Crippen LogP contribution in [0, 0.1) is 0 Å². The Kier molecular flexibility index (Phi) is 4.97. The number of amides is 1. The van der Waals surface area contributed by atoms with Crippen LogP contribution in [-0.2, 0) is 6.61 Å². The molecule has 3 aromatic rings. The summed E-state index contributed by atoms with van der Waals surface area (Å²) >= 11 is 1.53. The van der Waals surface area contributed by atoms with Crippen LogP contribution in [0.2, 0.25) is 0 Å². The number of hydrogen-bond acceptors (Lipinski definition) is 6. The second-order valence-electron chi connectivity index (χ2n) is 6.25. The summed E-state index contributed by atoms with van der Waals surface area (Å²) in [4.78, 5) is 18.9. The van der Waals surface area contributed by atoms with Crippen molar-refractivity contribution < 1.29 is 14.1 Å². The van der Waals surface area contributed by atoms with Crippen LogP contribution < -0.4 is 4.74 Å². The molecule has 0 aliphatic carbocycles. The summed E-state index contributed by atoms with van der Waals surface area (Å²) in [5.41, 5.74) is 0.751. The van der Waals surface area contributed by atoms with Crippen LogP contribution in [0.4, 0.5) is 0 Å². The van der Waals surface area contributed by atoms with Crippen LogP contribution in [0.1, 0.15) is 40.8 Å². The molecule has 1 saturated heterocycles. The van der Waals surface area contributed by atoms with E-state index in [1.807, 2.05) is 52.1 Å². The molecule has 6 nitrogen and oxygen atoms in total. The van der Waals surface area contributed by atoms with Crippen molar-refractivity contribution in [3.05, 3.63) is 64.4 Å². The van der Waals surface area contributed by atoms with Gasteiger partial charge in [-0.3, -0.25) is 4.79 Å². The molecule has 7 heteroatoms. The van der Waals surface area contributed by atoms with E-state index >= 15 is 0 Å². The third-order valence-electron chi connectivity index (χ3n) is 4.43. The van der Waals surface area contributed by atoms with Gasteiger partial charge in [-0.05, 0) is 36.4 Å². The molecule has 1 amide bonds. The Balaban J connectivity index is 1.38. The van der Waals surface area contributed by atoms with Crippen molar-refractivity contribution in [3.8, 4) is 5.75 Å². The first-order valence-corrected chi connectivity index (χ1v) is 9.55. The number of nitrogens with zero attached hydrogens (tertiary/aromatic N) is 3. The monoisotopic (exact) mass is 369 g/mol. The van der Waals surface area contributed by atoms with Gasteiger partial charge in [0.25, 0.3) is 11.8 Å². The van der Waals surface area contributed by atoms with Crippen molar-refractivity contribution in [3.63, 3.8) is 0 Å². The minimum Gasteiger partial charge on any atom is -0.484 e. The highest BCUT2D eigenvalue weighted by Crippen LogP contribution is 2.26. The summed E-state index contributed by atoms with van der Waals surface area (Å²) in [5.74, 6) is 2.04. The van der Waals surface area contributed by atoms with Crippen molar-refractivity contribution >= 4 is 17.2 Å². The molecule has 3 heterocycles. The van der Waals surface area contributed by atoms with Gasteiger partial charge < -0.3 is 14.2 Å². The normalized spacial score (nSPS) is 17.2. The molecule has 2 aromatic heterocycles. The first-order chi connectivity index (χ1) is 12.8. The minimum absolute atomic E-state index is 0.0760. The second-order valence-corrected chi connectivity index (χ2v) is 7.03. The van der Waals surface area contributed by atoms with E-state index in [-0.39, 0.29) is 18.4 Å². The Bertz CT molecular complexity index is 848. The molecule has 1 fully saturated rings. The number of carbonyl (C=O) groups excluding carboxylic acids is 1. The van der Waals surface area contributed by atoms with E-state index in [9.17, 15) is 4.79 Å². The zero-order valence-corrected chi connectivity index (χ0v) is 15.0. The zero-order chi connectivity index (χ0) is 17.8. The number of hydrogen-bond donors (Lipinski definition) is 0. The molecular formula is C19H19N3O3S. The van der Waals surface area contributed by atoms with Crippen molar-refractivity contribution in [2.24, 2.45) is 0 Å². The van der Waals surface area contributed by atoms with Crippen LogP contribution in [-0.4, -0.2) is 34.0 Å². The average molecular weight is 369 g/mol. The van der Waals surface area contributed by atoms with Crippen molar-refractivity contribution in [1.29, 1.82) is 0 Å². The summed E-state index contributed by atoms with van der Waals surface area (Å²) in [5, 5.41) is 7.92. The first-order valence-electron chi connectivity index (χ1n) is 8.61. The van der Waals surface area contributed by atoms with E-state index in [2.05, 4.69) is 10.1 Å². The molecule has 1 unspecified atom stereocenters. The van der Waals surface area contributed by atoms with E-state index in [4.69, 9.17) is 9.26 Å². The molecule has 0 N–H and O–H groups in total. The molecule has 1 atom stereocenters. The van der Waals surface area contributed by atoms with Gasteiger partial charge >= 0.3 is 0 Å². The van der Waals surface area contributed by atoms with Gasteiger partial charge in [-0.25, -0.2) is 0 Å². The minimum atomic E-state index is 0.0760. The predicted octanol–water partition coefficient (Wildman–Crippen LogP) is 3.73. The summed E-state index contributed by atoms with van der Waals surface area (Å²) in [6.07, 6.45) is 1.89. The molecular weight excluding hydrogens is 350 g/mol. The number of aromatic nitrogens is 2. The lowest BCUT2D eigenvalue weighted by molar-refractivity contribution is 0.0704. The Morgan fingerprint density at radius 2 is 2.19 bits per heavy atom. The molecule has 1 aliphatic rings. The number of carbonyl (C=O) groups is 1. The maximum absolute atomic E-state index is 12.6. The zero-order valence-electron chi connectivity index (χ0n) is 14.2. The lowest BCUT2D eigenvalue weighted by Gasteiger charge is -2.31. The third kappa shape index (κ3) is 3.77. The molecule has 134 valence electrons. The highest BCUT2D eigenvalue weighted by molar-refractivity contribution is 7.08. The number of likely N-dealkylation sites (tertiary alicyclic amines) is 1. The topological polar surface area (TPSA) is 68.5 Å². The van der Waals surface area contributed by atoms with Crippen molar-refractivity contribution in [1.82, 2.24) is 15.0 Å². The Hall–Kier alpha value is -2.67. The lowest BCUT2D eigenvalue weighted by atomic mass is 9.97. The predicted molar refractivity (Wildman–Crippen MR) is 97.3 cm³/mol. The molecule has 0 radical (unpaired) electrons. The maximum Gasteiger partial charge on any atom is 0.264 e. The Morgan fingerprint density at radius 1 is 1.31 bits per heavy atom. The van der Waals surface area contributed by atoms with Gasteiger partial charge in [-0.1, -0.05) is 23.4 Å². The highest BCUT2D eigenvalue weighted by Gasteiger charge is 2.28. The standard InChI is InChI=1S/C19H19N3O3S/c23-19(15-8-10-26-13-15)22-9-4-5-14(11-22)18-20-17(25-21-18)12-24-16-6-2-1-3-7-16/h1-3,6-8,10,13-14H,4-5,9,11-12H2. The van der Waals surface area contributed by atoms with Crippen LogP contribution in [0.3, 0.4) is 0 Å². The van der Waals surface area contributed by atoms with Crippen LogP contribution in [0.5, 0.6) is 5.75 Å². The fourth-order valence-corrected chi connectivity index (χ4v) is 3.73. The summed E-state index contributed by atoms with van der Waals surface area (Å²) < 4.78 is 11.0. The van der Waals surface area contributed by atoms with E-state index < -0.39 is 0 Å². The third-order valence-corrected chi connectivity index (χ3v) is 5.11. The molecule has 0 bridgehead atoms. The molecule has 0 saturated carbocycles. The number of thiophene rings is 1. The number of ether oxygens (including phenoxy) is 1. The summed E-state index contributed by atoms with van der Waals surface area (Å²) in [7, 11) is 0. The smallest absolute Gasteiger partial charge is 0.264 e. The van der Waals surface area contributed by atoms with Gasteiger partial charge in [0.15, 0.2) is 12.4 Å². The van der Waals surface area contributed by atoms with Gasteiger partial charge in [0.05, 0.1) is 5.56 Å². The molecule has 1 aliphatic heterocycles. The highest BCUT2D eigenvalue weighted by atomic mass is 32.1. The van der Waals surface area contributed by atoms with Crippen molar-refractivity contribution in [2.45, 2.75) is 25.4 Å². The largest absolute Gasteiger partial charge is 0.484 e. The van der Waals surface area contributed by atoms with Crippen LogP contribution in [0.25, 0.3) is 0 Å². The van der Waals surface area contributed by atoms with Crippen LogP contribution in [0.15, 0.2) is 51.7 Å². The first kappa shape index (κ1) is 16.8. The summed E-state index contributed by atoms with van der Waals surface area (Å²) in [6, 6.07) is 11.4. The number of para-hydroxylation sites is 1. The molecule has 1 aromatic carbocycles.